The Kier molecular flexibility index (Phi) is 4.41. The van der Waals surface area contributed by atoms with Gasteiger partial charge >= 0.3 is 5.97 Å². The normalized spacial score (nSPS) is 43.8. The number of ether oxygens (including phenoxy) is 7. The molecule has 0 aromatic rings. The molecule has 0 aromatic carbocycles. The first kappa shape index (κ1) is 16.1. The molecule has 0 radical (unpaired) electrons. The van der Waals surface area contributed by atoms with Crippen molar-refractivity contribution in [3.05, 3.63) is 0 Å². The molecule has 0 bridgehead atoms. The van der Waals surface area contributed by atoms with Crippen LogP contribution in [0.3, 0.4) is 0 Å². The van der Waals surface area contributed by atoms with Gasteiger partial charge in [-0.05, 0) is 13.8 Å². The molecule has 0 N–H and O–H groups in total. The molecule has 126 valence electrons. The zero-order valence-corrected chi connectivity index (χ0v) is 13.1. The van der Waals surface area contributed by atoms with Crippen molar-refractivity contribution >= 4 is 5.97 Å². The summed E-state index contributed by atoms with van der Waals surface area (Å²) in [6.07, 6.45) is -2.90. The molecular weight excluding hydrogens is 296 g/mol. The Morgan fingerprint density at radius 3 is 2.64 bits per heavy atom. The van der Waals surface area contributed by atoms with Gasteiger partial charge in [0.1, 0.15) is 30.5 Å². The summed E-state index contributed by atoms with van der Waals surface area (Å²) in [7, 11) is 1.59. The van der Waals surface area contributed by atoms with Crippen LogP contribution in [0.1, 0.15) is 20.8 Å². The zero-order chi connectivity index (χ0) is 15.9. The van der Waals surface area contributed by atoms with Gasteiger partial charge in [-0.2, -0.15) is 0 Å². The highest BCUT2D eigenvalue weighted by Gasteiger charge is 2.56. The fraction of sp³-hybridized carbons (Fsp3) is 0.929. The summed E-state index contributed by atoms with van der Waals surface area (Å²) in [6.45, 7) is 5.36. The number of carbonyl (C=O) groups excluding carboxylic acids is 1. The molecule has 6 atom stereocenters. The first-order chi connectivity index (χ1) is 10.4. The van der Waals surface area contributed by atoms with Gasteiger partial charge in [0.25, 0.3) is 0 Å². The van der Waals surface area contributed by atoms with Gasteiger partial charge in [0.2, 0.25) is 6.29 Å². The maximum Gasteiger partial charge on any atom is 0.305 e. The van der Waals surface area contributed by atoms with E-state index in [9.17, 15) is 4.79 Å². The molecule has 3 aliphatic rings. The van der Waals surface area contributed by atoms with E-state index in [1.165, 1.54) is 6.92 Å². The van der Waals surface area contributed by atoms with Gasteiger partial charge in [-0.3, -0.25) is 4.79 Å². The molecule has 6 unspecified atom stereocenters. The van der Waals surface area contributed by atoms with Crippen LogP contribution in [0.5, 0.6) is 0 Å². The van der Waals surface area contributed by atoms with Crippen molar-refractivity contribution in [3.63, 3.8) is 0 Å². The van der Waals surface area contributed by atoms with E-state index in [1.807, 2.05) is 13.8 Å². The third kappa shape index (κ3) is 2.99. The molecule has 22 heavy (non-hydrogen) atoms. The third-order valence-electron chi connectivity index (χ3n) is 4.00. The van der Waals surface area contributed by atoms with Crippen molar-refractivity contribution in [2.75, 3.05) is 20.5 Å². The van der Waals surface area contributed by atoms with Gasteiger partial charge in [-0.15, -0.1) is 0 Å². The fourth-order valence-electron chi connectivity index (χ4n) is 3.09. The average Bonchev–Trinajstić information content (AvgIpc) is 2.44. The molecule has 0 spiro atoms. The number of rotatable bonds is 2. The second kappa shape index (κ2) is 6.03. The minimum atomic E-state index is -0.829. The van der Waals surface area contributed by atoms with Crippen LogP contribution in [0, 0.1) is 0 Å². The standard InChI is InChI=1S/C14H22O8/c1-7(15)20-13-12-11(17-6-18-13)10(16-4)9-8(21-12)5-19-14(2,3)22-9/h8-13H,5-6H2,1-4H3. The largest absolute Gasteiger partial charge is 0.433 e. The van der Waals surface area contributed by atoms with Gasteiger partial charge in [-0.1, -0.05) is 0 Å². The summed E-state index contributed by atoms with van der Waals surface area (Å²) in [5.41, 5.74) is 0. The van der Waals surface area contributed by atoms with E-state index in [0.29, 0.717) is 6.61 Å². The highest BCUT2D eigenvalue weighted by atomic mass is 16.8. The third-order valence-corrected chi connectivity index (χ3v) is 4.00. The lowest BCUT2D eigenvalue weighted by Crippen LogP contribution is -2.69. The Labute approximate surface area is 128 Å². The van der Waals surface area contributed by atoms with Crippen LogP contribution in [0.15, 0.2) is 0 Å². The second-order valence-corrected chi connectivity index (χ2v) is 6.03. The van der Waals surface area contributed by atoms with Crippen molar-refractivity contribution in [1.82, 2.24) is 0 Å². The summed E-state index contributed by atoms with van der Waals surface area (Å²) in [5, 5.41) is 0. The quantitative estimate of drug-likeness (QED) is 0.667. The highest BCUT2D eigenvalue weighted by molar-refractivity contribution is 5.66. The number of carbonyl (C=O) groups is 1. The number of esters is 1. The highest BCUT2D eigenvalue weighted by Crippen LogP contribution is 2.37. The maximum absolute atomic E-state index is 11.2. The summed E-state index contributed by atoms with van der Waals surface area (Å²) in [4.78, 5) is 11.2. The van der Waals surface area contributed by atoms with Crippen LogP contribution in [0.2, 0.25) is 0 Å². The van der Waals surface area contributed by atoms with Crippen molar-refractivity contribution in [1.29, 1.82) is 0 Å². The predicted molar refractivity (Wildman–Crippen MR) is 70.7 cm³/mol. The SMILES string of the molecule is COC1C2OC(C)(C)OCC2OC2C(OC(C)=O)OCOC21. The van der Waals surface area contributed by atoms with Gasteiger partial charge in [0.15, 0.2) is 12.6 Å². The molecule has 3 aliphatic heterocycles. The van der Waals surface area contributed by atoms with Crippen LogP contribution in [-0.4, -0.2) is 69.1 Å². The molecule has 3 saturated heterocycles. The first-order valence-corrected chi connectivity index (χ1v) is 7.32. The second-order valence-electron chi connectivity index (χ2n) is 6.03. The molecule has 3 fully saturated rings. The molecule has 0 aliphatic carbocycles. The lowest BCUT2D eigenvalue weighted by Gasteiger charge is -2.52. The smallest absolute Gasteiger partial charge is 0.305 e. The molecule has 8 nitrogen and oxygen atoms in total. The minimum Gasteiger partial charge on any atom is -0.433 e. The van der Waals surface area contributed by atoms with Gasteiger partial charge in [0, 0.05) is 14.0 Å². The summed E-state index contributed by atoms with van der Waals surface area (Å²) in [5.74, 6) is -1.16. The number of fused-ring (bicyclic) bond motifs is 2. The van der Waals surface area contributed by atoms with E-state index < -0.39 is 30.3 Å². The Morgan fingerprint density at radius 1 is 1.18 bits per heavy atom. The first-order valence-electron chi connectivity index (χ1n) is 7.32. The number of methoxy groups -OCH3 is 1. The van der Waals surface area contributed by atoms with Crippen LogP contribution in [0.4, 0.5) is 0 Å². The van der Waals surface area contributed by atoms with E-state index in [-0.39, 0.29) is 25.1 Å². The zero-order valence-electron chi connectivity index (χ0n) is 13.1. The Bertz CT molecular complexity index is 425. The lowest BCUT2D eigenvalue weighted by molar-refractivity contribution is -0.401. The van der Waals surface area contributed by atoms with Crippen molar-refractivity contribution in [3.8, 4) is 0 Å². The Hall–Kier alpha value is -0.770. The maximum atomic E-state index is 11.2. The number of hydrogen-bond acceptors (Lipinski definition) is 8. The molecule has 0 saturated carbocycles. The van der Waals surface area contributed by atoms with Crippen molar-refractivity contribution in [2.24, 2.45) is 0 Å². The molecule has 0 amide bonds. The number of hydrogen-bond donors (Lipinski definition) is 0. The predicted octanol–water partition coefficient (Wildman–Crippen LogP) is 0.182. The van der Waals surface area contributed by atoms with E-state index in [1.54, 1.807) is 7.11 Å². The summed E-state index contributed by atoms with van der Waals surface area (Å²) < 4.78 is 39.3. The molecule has 3 heterocycles. The van der Waals surface area contributed by atoms with E-state index in [2.05, 4.69) is 0 Å². The molecule has 0 aromatic heterocycles. The van der Waals surface area contributed by atoms with Crippen LogP contribution in [-0.2, 0) is 38.0 Å². The van der Waals surface area contributed by atoms with E-state index in [4.69, 9.17) is 33.2 Å². The molecule has 3 rings (SSSR count). The van der Waals surface area contributed by atoms with E-state index >= 15 is 0 Å². The van der Waals surface area contributed by atoms with Gasteiger partial charge in [-0.25, -0.2) is 0 Å². The minimum absolute atomic E-state index is 0.000384. The lowest BCUT2D eigenvalue weighted by atomic mass is 9.92. The molecular formula is C14H22O8. The van der Waals surface area contributed by atoms with Gasteiger partial charge < -0.3 is 33.2 Å². The summed E-state index contributed by atoms with van der Waals surface area (Å²) in [6, 6.07) is 0. The van der Waals surface area contributed by atoms with Crippen molar-refractivity contribution in [2.45, 2.75) is 63.4 Å². The summed E-state index contributed by atoms with van der Waals surface area (Å²) >= 11 is 0. The monoisotopic (exact) mass is 318 g/mol. The fourth-order valence-corrected chi connectivity index (χ4v) is 3.09. The Balaban J connectivity index is 1.81. The average molecular weight is 318 g/mol. The van der Waals surface area contributed by atoms with Crippen LogP contribution < -0.4 is 0 Å². The van der Waals surface area contributed by atoms with E-state index in [0.717, 1.165) is 0 Å². The molecule has 8 heteroatoms. The van der Waals surface area contributed by atoms with Crippen LogP contribution in [0.25, 0.3) is 0 Å². The van der Waals surface area contributed by atoms with Crippen molar-refractivity contribution < 1.29 is 38.0 Å². The Morgan fingerprint density at radius 2 is 1.95 bits per heavy atom. The van der Waals surface area contributed by atoms with Gasteiger partial charge in [0.05, 0.1) is 6.61 Å². The topological polar surface area (TPSA) is 81.7 Å². The van der Waals surface area contributed by atoms with Crippen LogP contribution >= 0.6 is 0 Å².